The molecule has 0 spiro atoms. The average molecular weight is 374 g/mol. The summed E-state index contributed by atoms with van der Waals surface area (Å²) >= 11 is 6.02. The number of carbonyl (C=O) groups excluding carboxylic acids is 1. The van der Waals surface area contributed by atoms with E-state index in [0.29, 0.717) is 23.8 Å². The molecule has 0 aliphatic carbocycles. The van der Waals surface area contributed by atoms with Crippen molar-refractivity contribution in [2.75, 3.05) is 27.2 Å². The number of aromatic nitrogens is 1. The molecule has 0 saturated carbocycles. The molecule has 2 aromatic carbocycles. The van der Waals surface area contributed by atoms with Crippen molar-refractivity contribution in [2.24, 2.45) is 0 Å². The van der Waals surface area contributed by atoms with E-state index in [-0.39, 0.29) is 11.7 Å². The number of H-pyrrole nitrogens is 1. The Morgan fingerprint density at radius 1 is 1.08 bits per heavy atom. The fourth-order valence-corrected chi connectivity index (χ4v) is 2.94. The highest BCUT2D eigenvalue weighted by Crippen LogP contribution is 2.21. The normalized spacial score (nSPS) is 11.3. The van der Waals surface area contributed by atoms with Crippen molar-refractivity contribution in [3.63, 3.8) is 0 Å². The molecule has 6 heteroatoms. The van der Waals surface area contributed by atoms with Crippen molar-refractivity contribution in [3.05, 3.63) is 70.6 Å². The molecular formula is C20H21ClFN3O. The molecule has 1 heterocycles. The first-order valence-electron chi connectivity index (χ1n) is 8.39. The van der Waals surface area contributed by atoms with E-state index < -0.39 is 0 Å². The van der Waals surface area contributed by atoms with Gasteiger partial charge in [0.2, 0.25) is 0 Å². The zero-order chi connectivity index (χ0) is 18.7. The number of hydrogen-bond donors (Lipinski definition) is 1. The van der Waals surface area contributed by atoms with Gasteiger partial charge in [-0.2, -0.15) is 0 Å². The van der Waals surface area contributed by atoms with Crippen LogP contribution >= 0.6 is 11.6 Å². The highest BCUT2D eigenvalue weighted by atomic mass is 35.5. The van der Waals surface area contributed by atoms with Crippen molar-refractivity contribution in [1.29, 1.82) is 0 Å². The standard InChI is InChI=1S/C20H21ClFN3O/c1-24(2)9-10-25(13-14-3-7-17(22)8-4-14)20(26)19-11-15-5-6-16(21)12-18(15)23-19/h3-8,11-12,23H,9-10,13H2,1-2H3. The van der Waals surface area contributed by atoms with Gasteiger partial charge in [-0.05, 0) is 50.0 Å². The number of rotatable bonds is 6. The summed E-state index contributed by atoms with van der Waals surface area (Å²) in [5.74, 6) is -0.379. The Balaban J connectivity index is 1.85. The fraction of sp³-hybridized carbons (Fsp3) is 0.250. The summed E-state index contributed by atoms with van der Waals surface area (Å²) in [4.78, 5) is 20.0. The van der Waals surface area contributed by atoms with Crippen molar-refractivity contribution in [3.8, 4) is 0 Å². The van der Waals surface area contributed by atoms with Crippen LogP contribution in [0.15, 0.2) is 48.5 Å². The summed E-state index contributed by atoms with van der Waals surface area (Å²) in [7, 11) is 3.93. The van der Waals surface area contributed by atoms with Crippen LogP contribution in [0.1, 0.15) is 16.1 Å². The van der Waals surface area contributed by atoms with E-state index >= 15 is 0 Å². The molecule has 0 fully saturated rings. The Bertz CT molecular complexity index is 905. The lowest BCUT2D eigenvalue weighted by atomic mass is 10.2. The van der Waals surface area contributed by atoms with Crippen LogP contribution in [0.25, 0.3) is 10.9 Å². The quantitative estimate of drug-likeness (QED) is 0.704. The average Bonchev–Trinajstić information content (AvgIpc) is 3.02. The molecule has 136 valence electrons. The molecule has 1 amide bonds. The first kappa shape index (κ1) is 18.4. The number of amides is 1. The van der Waals surface area contributed by atoms with Crippen LogP contribution in [-0.2, 0) is 6.54 Å². The van der Waals surface area contributed by atoms with Crippen molar-refractivity contribution >= 4 is 28.4 Å². The van der Waals surface area contributed by atoms with Crippen LogP contribution in [0, 0.1) is 5.82 Å². The number of halogens is 2. The summed E-state index contributed by atoms with van der Waals surface area (Å²) in [6.07, 6.45) is 0. The van der Waals surface area contributed by atoms with Crippen LogP contribution in [0.3, 0.4) is 0 Å². The first-order chi connectivity index (χ1) is 12.4. The molecule has 3 aromatic rings. The molecule has 0 bridgehead atoms. The third-order valence-corrected chi connectivity index (χ3v) is 4.44. The molecule has 1 N–H and O–H groups in total. The molecule has 0 radical (unpaired) electrons. The number of fused-ring (bicyclic) bond motifs is 1. The smallest absolute Gasteiger partial charge is 0.270 e. The van der Waals surface area contributed by atoms with Gasteiger partial charge in [0.05, 0.1) is 0 Å². The zero-order valence-corrected chi connectivity index (χ0v) is 15.6. The van der Waals surface area contributed by atoms with Gasteiger partial charge < -0.3 is 14.8 Å². The van der Waals surface area contributed by atoms with Gasteiger partial charge in [-0.25, -0.2) is 4.39 Å². The number of likely N-dealkylation sites (N-methyl/N-ethyl adjacent to an activating group) is 1. The zero-order valence-electron chi connectivity index (χ0n) is 14.8. The summed E-state index contributed by atoms with van der Waals surface area (Å²) in [6, 6.07) is 13.6. The van der Waals surface area contributed by atoms with Crippen molar-refractivity contribution in [1.82, 2.24) is 14.8 Å². The molecule has 26 heavy (non-hydrogen) atoms. The SMILES string of the molecule is CN(C)CCN(Cc1ccc(F)cc1)C(=O)c1cc2ccc(Cl)cc2[nH]1. The third-order valence-electron chi connectivity index (χ3n) is 4.21. The first-order valence-corrected chi connectivity index (χ1v) is 8.77. The minimum atomic E-state index is -0.285. The minimum Gasteiger partial charge on any atom is -0.350 e. The lowest BCUT2D eigenvalue weighted by molar-refractivity contribution is 0.0727. The van der Waals surface area contributed by atoms with Crippen LogP contribution in [0.2, 0.25) is 5.02 Å². The van der Waals surface area contributed by atoms with Gasteiger partial charge in [0, 0.05) is 35.6 Å². The number of benzene rings is 2. The molecule has 0 unspecified atom stereocenters. The molecule has 1 aromatic heterocycles. The van der Waals surface area contributed by atoms with E-state index in [1.165, 1.54) is 12.1 Å². The Kier molecular flexibility index (Phi) is 5.59. The second-order valence-electron chi connectivity index (χ2n) is 6.57. The predicted molar refractivity (Wildman–Crippen MR) is 103 cm³/mol. The lowest BCUT2D eigenvalue weighted by Gasteiger charge is -2.24. The molecule has 0 atom stereocenters. The van der Waals surface area contributed by atoms with Gasteiger partial charge in [0.25, 0.3) is 5.91 Å². The molecule has 0 aliphatic heterocycles. The number of nitrogens with one attached hydrogen (secondary N) is 1. The van der Waals surface area contributed by atoms with Gasteiger partial charge in [-0.3, -0.25) is 4.79 Å². The summed E-state index contributed by atoms with van der Waals surface area (Å²) in [5.41, 5.74) is 2.23. The lowest BCUT2D eigenvalue weighted by Crippen LogP contribution is -2.36. The maximum Gasteiger partial charge on any atom is 0.270 e. The Morgan fingerprint density at radius 3 is 2.50 bits per heavy atom. The Labute approximate surface area is 157 Å². The molecule has 0 aliphatic rings. The van der Waals surface area contributed by atoms with Crippen molar-refractivity contribution < 1.29 is 9.18 Å². The predicted octanol–water partition coefficient (Wildman–Crippen LogP) is 4.16. The van der Waals surface area contributed by atoms with Crippen LogP contribution in [0.5, 0.6) is 0 Å². The molecule has 3 rings (SSSR count). The van der Waals surface area contributed by atoms with Crippen LogP contribution in [0.4, 0.5) is 4.39 Å². The van der Waals surface area contributed by atoms with E-state index in [0.717, 1.165) is 23.0 Å². The third kappa shape index (κ3) is 4.42. The van der Waals surface area contributed by atoms with E-state index in [4.69, 9.17) is 11.6 Å². The van der Waals surface area contributed by atoms with Gasteiger partial charge in [-0.1, -0.05) is 29.8 Å². The summed E-state index contributed by atoms with van der Waals surface area (Å²) in [6.45, 7) is 1.72. The highest BCUT2D eigenvalue weighted by Gasteiger charge is 2.18. The van der Waals surface area contributed by atoms with Crippen LogP contribution in [-0.4, -0.2) is 47.9 Å². The van der Waals surface area contributed by atoms with Gasteiger partial charge >= 0.3 is 0 Å². The Morgan fingerprint density at radius 2 is 1.81 bits per heavy atom. The Hall–Kier alpha value is -2.37. The van der Waals surface area contributed by atoms with Crippen molar-refractivity contribution in [2.45, 2.75) is 6.54 Å². The number of nitrogens with zero attached hydrogens (tertiary/aromatic N) is 2. The molecule has 4 nitrogen and oxygen atoms in total. The highest BCUT2D eigenvalue weighted by molar-refractivity contribution is 6.31. The monoisotopic (exact) mass is 373 g/mol. The van der Waals surface area contributed by atoms with Crippen LogP contribution < -0.4 is 0 Å². The van der Waals surface area contributed by atoms with E-state index in [1.807, 2.05) is 31.1 Å². The number of hydrogen-bond acceptors (Lipinski definition) is 2. The molecule has 0 saturated heterocycles. The fourth-order valence-electron chi connectivity index (χ4n) is 2.77. The number of aromatic amines is 1. The maximum absolute atomic E-state index is 13.1. The van der Waals surface area contributed by atoms with E-state index in [1.54, 1.807) is 29.2 Å². The van der Waals surface area contributed by atoms with Gasteiger partial charge in [0.15, 0.2) is 0 Å². The number of carbonyl (C=O) groups is 1. The van der Waals surface area contributed by atoms with Gasteiger partial charge in [0.1, 0.15) is 11.5 Å². The van der Waals surface area contributed by atoms with Gasteiger partial charge in [-0.15, -0.1) is 0 Å². The second kappa shape index (κ2) is 7.89. The minimum absolute atomic E-state index is 0.0940. The topological polar surface area (TPSA) is 39.3 Å². The van der Waals surface area contributed by atoms with E-state index in [9.17, 15) is 9.18 Å². The largest absolute Gasteiger partial charge is 0.350 e. The molecular weight excluding hydrogens is 353 g/mol. The van der Waals surface area contributed by atoms with E-state index in [2.05, 4.69) is 4.98 Å². The summed E-state index contributed by atoms with van der Waals surface area (Å²) in [5, 5.41) is 1.56. The summed E-state index contributed by atoms with van der Waals surface area (Å²) < 4.78 is 13.1. The maximum atomic E-state index is 13.1. The second-order valence-corrected chi connectivity index (χ2v) is 7.01.